The minimum absolute atomic E-state index is 0.144. The number of hydrogen-bond acceptors (Lipinski definition) is 6. The fraction of sp³-hybridized carbons (Fsp3) is 0.370. The minimum Gasteiger partial charge on any atom is -0.491 e. The van der Waals surface area contributed by atoms with Crippen molar-refractivity contribution in [2.45, 2.75) is 39.5 Å². The van der Waals surface area contributed by atoms with E-state index in [9.17, 15) is 9.90 Å². The first kappa shape index (κ1) is 25.0. The van der Waals surface area contributed by atoms with Gasteiger partial charge in [0.2, 0.25) is 5.95 Å². The molecule has 0 amide bonds. The highest BCUT2D eigenvalue weighted by molar-refractivity contribution is 5.88. The Bertz CT molecular complexity index is 1090. The number of ether oxygens (including phenoxy) is 1. The Kier molecular flexibility index (Phi) is 8.85. The summed E-state index contributed by atoms with van der Waals surface area (Å²) in [6.45, 7) is 8.09. The van der Waals surface area contributed by atoms with Crippen LogP contribution in [0.5, 0.6) is 5.75 Å². The number of hydrogen-bond donors (Lipinski definition) is 2. The maximum Gasteiger partial charge on any atom is 0.339 e. The molecule has 0 aliphatic carbocycles. The van der Waals surface area contributed by atoms with Crippen LogP contribution in [0.3, 0.4) is 0 Å². The predicted octanol–water partition coefficient (Wildman–Crippen LogP) is 5.17. The van der Waals surface area contributed by atoms with Crippen molar-refractivity contribution in [1.82, 2.24) is 9.97 Å². The lowest BCUT2D eigenvalue weighted by molar-refractivity contribution is 0.0694. The normalized spacial score (nSPS) is 10.9. The first-order chi connectivity index (χ1) is 16.3. The number of carbonyl (C=O) groups is 1. The third-order valence-electron chi connectivity index (χ3n) is 5.72. The second kappa shape index (κ2) is 12.0. The van der Waals surface area contributed by atoms with Crippen molar-refractivity contribution >= 4 is 17.6 Å². The Labute approximate surface area is 201 Å². The van der Waals surface area contributed by atoms with Crippen molar-refractivity contribution < 1.29 is 14.6 Å². The van der Waals surface area contributed by atoms with Gasteiger partial charge < -0.3 is 20.1 Å². The molecule has 0 saturated heterocycles. The maximum atomic E-state index is 11.6. The van der Waals surface area contributed by atoms with Crippen LogP contribution in [0.2, 0.25) is 0 Å². The molecule has 2 aromatic carbocycles. The quantitative estimate of drug-likeness (QED) is 0.359. The molecule has 0 atom stereocenters. The van der Waals surface area contributed by atoms with Gasteiger partial charge in [-0.3, -0.25) is 0 Å². The Balaban J connectivity index is 1.55. The molecule has 7 nitrogen and oxygen atoms in total. The van der Waals surface area contributed by atoms with E-state index in [0.29, 0.717) is 37.1 Å². The predicted molar refractivity (Wildman–Crippen MR) is 136 cm³/mol. The van der Waals surface area contributed by atoms with Crippen molar-refractivity contribution in [3.8, 4) is 5.75 Å². The monoisotopic (exact) mass is 462 g/mol. The molecule has 0 fully saturated rings. The van der Waals surface area contributed by atoms with Crippen molar-refractivity contribution in [3.63, 3.8) is 0 Å². The van der Waals surface area contributed by atoms with E-state index in [1.165, 1.54) is 11.8 Å². The van der Waals surface area contributed by atoms with Crippen LogP contribution in [0.15, 0.2) is 54.7 Å². The van der Waals surface area contributed by atoms with Crippen LogP contribution < -0.4 is 15.0 Å². The Morgan fingerprint density at radius 1 is 1.18 bits per heavy atom. The summed E-state index contributed by atoms with van der Waals surface area (Å²) in [5, 5.41) is 12.7. The standard InChI is InChI=1S/C27H34N4O3/c1-19(2)21-13-12-20(3)25(17-21)34-16-14-28-27-29-18-23(26(32)33)24(30-27)11-8-15-31(4)22-9-6-5-7-10-22/h5-7,9-10,12-13,17-19H,8,11,14-16H2,1-4H3,(H,32,33)(H,28,29,30). The van der Waals surface area contributed by atoms with Crippen LogP contribution >= 0.6 is 0 Å². The number of benzene rings is 2. The maximum absolute atomic E-state index is 11.6. The van der Waals surface area contributed by atoms with Crippen LogP contribution in [0.4, 0.5) is 11.6 Å². The van der Waals surface area contributed by atoms with E-state index in [2.05, 4.69) is 64.4 Å². The summed E-state index contributed by atoms with van der Waals surface area (Å²) in [5.41, 5.74) is 4.14. The molecule has 34 heavy (non-hydrogen) atoms. The topological polar surface area (TPSA) is 87.6 Å². The molecular formula is C27H34N4O3. The molecule has 2 N–H and O–H groups in total. The lowest BCUT2D eigenvalue weighted by Gasteiger charge is -2.19. The first-order valence-corrected chi connectivity index (χ1v) is 11.7. The summed E-state index contributed by atoms with van der Waals surface area (Å²) in [5.74, 6) is 0.709. The SMILES string of the molecule is Cc1ccc(C(C)C)cc1OCCNc1ncc(C(=O)O)c(CCCN(C)c2ccccc2)n1. The number of aryl methyl sites for hydroxylation is 2. The fourth-order valence-corrected chi connectivity index (χ4v) is 3.62. The smallest absolute Gasteiger partial charge is 0.339 e. The summed E-state index contributed by atoms with van der Waals surface area (Å²) in [7, 11) is 2.03. The number of carboxylic acids is 1. The van der Waals surface area contributed by atoms with Crippen molar-refractivity contribution in [2.24, 2.45) is 0 Å². The molecule has 0 unspecified atom stereocenters. The van der Waals surface area contributed by atoms with Crippen molar-refractivity contribution in [2.75, 3.05) is 37.0 Å². The van der Waals surface area contributed by atoms with Crippen LogP contribution in [0, 0.1) is 6.92 Å². The molecular weight excluding hydrogens is 428 g/mol. The molecule has 0 radical (unpaired) electrons. The third-order valence-corrected chi connectivity index (χ3v) is 5.72. The lowest BCUT2D eigenvalue weighted by atomic mass is 10.0. The number of nitrogens with one attached hydrogen (secondary N) is 1. The molecule has 3 aromatic rings. The van der Waals surface area contributed by atoms with Gasteiger partial charge in [0.15, 0.2) is 0 Å². The molecule has 0 bridgehead atoms. The highest BCUT2D eigenvalue weighted by atomic mass is 16.5. The van der Waals surface area contributed by atoms with E-state index in [4.69, 9.17) is 4.74 Å². The molecule has 1 heterocycles. The number of rotatable bonds is 12. The zero-order valence-electron chi connectivity index (χ0n) is 20.4. The Morgan fingerprint density at radius 3 is 2.65 bits per heavy atom. The van der Waals surface area contributed by atoms with E-state index in [-0.39, 0.29) is 5.56 Å². The molecule has 3 rings (SSSR count). The van der Waals surface area contributed by atoms with E-state index in [0.717, 1.165) is 30.0 Å². The van der Waals surface area contributed by atoms with Gasteiger partial charge in [0.25, 0.3) is 0 Å². The van der Waals surface area contributed by atoms with Gasteiger partial charge >= 0.3 is 5.97 Å². The summed E-state index contributed by atoms with van der Waals surface area (Å²) in [6.07, 6.45) is 2.70. The van der Waals surface area contributed by atoms with Gasteiger partial charge in [0, 0.05) is 25.5 Å². The van der Waals surface area contributed by atoms with Crippen molar-refractivity contribution in [1.29, 1.82) is 0 Å². The van der Waals surface area contributed by atoms with Crippen LogP contribution in [-0.2, 0) is 6.42 Å². The summed E-state index contributed by atoms with van der Waals surface area (Å²) in [4.78, 5) is 22.5. The first-order valence-electron chi connectivity index (χ1n) is 11.7. The Hall–Kier alpha value is -3.61. The van der Waals surface area contributed by atoms with Gasteiger partial charge in [0.1, 0.15) is 12.4 Å². The van der Waals surface area contributed by atoms with Crippen LogP contribution in [0.25, 0.3) is 0 Å². The second-order valence-corrected chi connectivity index (χ2v) is 8.67. The molecule has 7 heteroatoms. The van der Waals surface area contributed by atoms with E-state index in [1.54, 1.807) is 0 Å². The summed E-state index contributed by atoms with van der Waals surface area (Å²) in [6, 6.07) is 16.4. The largest absolute Gasteiger partial charge is 0.491 e. The van der Waals surface area contributed by atoms with Gasteiger partial charge in [-0.2, -0.15) is 0 Å². The molecule has 0 aliphatic rings. The van der Waals surface area contributed by atoms with E-state index < -0.39 is 5.97 Å². The van der Waals surface area contributed by atoms with Crippen LogP contribution in [0.1, 0.15) is 53.4 Å². The number of para-hydroxylation sites is 1. The van der Waals surface area contributed by atoms with Gasteiger partial charge in [-0.25, -0.2) is 14.8 Å². The number of nitrogens with zero attached hydrogens (tertiary/aromatic N) is 3. The highest BCUT2D eigenvalue weighted by Crippen LogP contribution is 2.24. The second-order valence-electron chi connectivity index (χ2n) is 8.67. The average molecular weight is 463 g/mol. The van der Waals surface area contributed by atoms with Gasteiger partial charge in [-0.1, -0.05) is 44.2 Å². The molecule has 180 valence electrons. The Morgan fingerprint density at radius 2 is 1.94 bits per heavy atom. The molecule has 1 aromatic heterocycles. The summed E-state index contributed by atoms with van der Waals surface area (Å²) >= 11 is 0. The lowest BCUT2D eigenvalue weighted by Crippen LogP contribution is -2.20. The van der Waals surface area contributed by atoms with Gasteiger partial charge in [-0.15, -0.1) is 0 Å². The highest BCUT2D eigenvalue weighted by Gasteiger charge is 2.14. The van der Waals surface area contributed by atoms with Gasteiger partial charge in [0.05, 0.1) is 17.8 Å². The third kappa shape index (κ3) is 6.94. The number of aromatic carboxylic acids is 1. The minimum atomic E-state index is -1.01. The fourth-order valence-electron chi connectivity index (χ4n) is 3.62. The molecule has 0 saturated carbocycles. The number of anilines is 2. The zero-order valence-corrected chi connectivity index (χ0v) is 20.4. The van der Waals surface area contributed by atoms with Crippen molar-refractivity contribution in [3.05, 3.63) is 77.1 Å². The zero-order chi connectivity index (χ0) is 24.5. The van der Waals surface area contributed by atoms with Gasteiger partial charge in [-0.05, 0) is 55.0 Å². The number of aromatic nitrogens is 2. The van der Waals surface area contributed by atoms with E-state index in [1.807, 2.05) is 32.2 Å². The summed E-state index contributed by atoms with van der Waals surface area (Å²) < 4.78 is 5.96. The average Bonchev–Trinajstić information content (AvgIpc) is 2.83. The molecule has 0 aliphatic heterocycles. The van der Waals surface area contributed by atoms with E-state index >= 15 is 0 Å². The molecule has 0 spiro atoms. The number of carboxylic acid groups (broad SMARTS) is 1. The van der Waals surface area contributed by atoms with Crippen LogP contribution in [-0.4, -0.2) is 47.8 Å².